The lowest BCUT2D eigenvalue weighted by Crippen LogP contribution is -2.29. The van der Waals surface area contributed by atoms with E-state index >= 15 is 0 Å². The first-order chi connectivity index (χ1) is 12.1. The zero-order valence-electron chi connectivity index (χ0n) is 13.7. The highest BCUT2D eigenvalue weighted by molar-refractivity contribution is 7.15. The van der Waals surface area contributed by atoms with Gasteiger partial charge in [-0.1, -0.05) is 0 Å². The van der Waals surface area contributed by atoms with Crippen LogP contribution in [-0.4, -0.2) is 28.9 Å². The second-order valence-electron chi connectivity index (χ2n) is 5.48. The van der Waals surface area contributed by atoms with E-state index in [0.717, 1.165) is 11.4 Å². The third-order valence-corrected chi connectivity index (χ3v) is 4.53. The van der Waals surface area contributed by atoms with Crippen LogP contribution in [0.3, 0.4) is 0 Å². The lowest BCUT2D eigenvalue weighted by atomic mass is 10.2. The molecule has 0 bridgehead atoms. The first-order valence-electron chi connectivity index (χ1n) is 7.70. The van der Waals surface area contributed by atoms with Crippen molar-refractivity contribution in [3.8, 4) is 5.75 Å². The molecule has 2 aromatic heterocycles. The molecule has 1 amide bonds. The van der Waals surface area contributed by atoms with E-state index in [0.29, 0.717) is 23.7 Å². The molecule has 0 fully saturated rings. The second kappa shape index (κ2) is 7.35. The van der Waals surface area contributed by atoms with E-state index in [1.54, 1.807) is 13.3 Å². The molecule has 0 radical (unpaired) electrons. The summed E-state index contributed by atoms with van der Waals surface area (Å²) in [6.07, 6.45) is 1.92. The average Bonchev–Trinajstić information content (AvgIpc) is 3.07. The van der Waals surface area contributed by atoms with Gasteiger partial charge >= 0.3 is 0 Å². The maximum Gasteiger partial charge on any atom is 0.258 e. The van der Waals surface area contributed by atoms with Gasteiger partial charge < -0.3 is 15.4 Å². The molecular formula is C17H18N4O3S. The third kappa shape index (κ3) is 3.97. The number of hydrogen-bond donors (Lipinski definition) is 1. The van der Waals surface area contributed by atoms with Crippen molar-refractivity contribution >= 4 is 27.9 Å². The van der Waals surface area contributed by atoms with Crippen molar-refractivity contribution in [2.24, 2.45) is 5.73 Å². The van der Waals surface area contributed by atoms with Crippen molar-refractivity contribution in [3.05, 3.63) is 58.0 Å². The number of carbonyl (C=O) groups excluding carboxylic acids is 1. The van der Waals surface area contributed by atoms with Gasteiger partial charge in [0.25, 0.3) is 5.56 Å². The van der Waals surface area contributed by atoms with E-state index in [4.69, 9.17) is 10.5 Å². The average molecular weight is 358 g/mol. The molecule has 2 N–H and O–H groups in total. The number of thiazole rings is 1. The molecule has 0 unspecified atom stereocenters. The van der Waals surface area contributed by atoms with Gasteiger partial charge in [-0.25, -0.2) is 4.98 Å². The molecule has 0 saturated heterocycles. The summed E-state index contributed by atoms with van der Waals surface area (Å²) in [5.74, 6) is 0.371. The Kier molecular flexibility index (Phi) is 4.99. The van der Waals surface area contributed by atoms with Gasteiger partial charge in [-0.3, -0.25) is 14.0 Å². The normalized spacial score (nSPS) is 10.8. The van der Waals surface area contributed by atoms with Crippen LogP contribution in [0.25, 0.3) is 4.96 Å². The summed E-state index contributed by atoms with van der Waals surface area (Å²) >= 11 is 1.40. The number of fused-ring (bicyclic) bond motifs is 1. The van der Waals surface area contributed by atoms with E-state index in [1.807, 2.05) is 34.5 Å². The predicted molar refractivity (Wildman–Crippen MR) is 97.2 cm³/mol. The Morgan fingerprint density at radius 3 is 2.80 bits per heavy atom. The Labute approximate surface area is 148 Å². The fourth-order valence-electron chi connectivity index (χ4n) is 2.50. The number of anilines is 1. The largest absolute Gasteiger partial charge is 0.497 e. The quantitative estimate of drug-likeness (QED) is 0.693. The van der Waals surface area contributed by atoms with E-state index in [1.165, 1.54) is 21.8 Å². The molecule has 25 heavy (non-hydrogen) atoms. The number of benzene rings is 1. The van der Waals surface area contributed by atoms with E-state index in [2.05, 4.69) is 4.98 Å². The van der Waals surface area contributed by atoms with Crippen molar-refractivity contribution in [2.45, 2.75) is 13.0 Å². The number of nitrogens with two attached hydrogens (primary N) is 1. The molecule has 2 heterocycles. The maximum absolute atomic E-state index is 12.1. The van der Waals surface area contributed by atoms with Gasteiger partial charge in [0, 0.05) is 36.3 Å². The summed E-state index contributed by atoms with van der Waals surface area (Å²) in [6.45, 7) is 0.844. The molecule has 3 rings (SSSR count). The lowest BCUT2D eigenvalue weighted by molar-refractivity contribution is -0.117. The Morgan fingerprint density at radius 2 is 2.12 bits per heavy atom. The minimum absolute atomic E-state index is 0.120. The van der Waals surface area contributed by atoms with Crippen molar-refractivity contribution in [1.29, 1.82) is 0 Å². The number of rotatable bonds is 7. The summed E-state index contributed by atoms with van der Waals surface area (Å²) in [6, 6.07) is 9.00. The van der Waals surface area contributed by atoms with Gasteiger partial charge in [0.15, 0.2) is 4.96 Å². The SMILES string of the molecule is COc1ccc(N(CCC(N)=O)Cc2cc(=O)n3ccsc3n2)cc1. The monoisotopic (exact) mass is 358 g/mol. The standard InChI is InChI=1S/C17H18N4O3S/c1-24-14-4-2-13(3-5-14)20(7-6-15(18)22)11-12-10-16(23)21-8-9-25-17(21)19-12/h2-5,8-10H,6-7,11H2,1H3,(H2,18,22). The van der Waals surface area contributed by atoms with Crippen molar-refractivity contribution in [3.63, 3.8) is 0 Å². The highest BCUT2D eigenvalue weighted by Crippen LogP contribution is 2.21. The van der Waals surface area contributed by atoms with Crippen LogP contribution >= 0.6 is 11.3 Å². The molecule has 130 valence electrons. The van der Waals surface area contributed by atoms with Crippen molar-refractivity contribution in [1.82, 2.24) is 9.38 Å². The Morgan fingerprint density at radius 1 is 1.36 bits per heavy atom. The molecule has 3 aromatic rings. The summed E-state index contributed by atoms with van der Waals surface area (Å²) < 4.78 is 6.68. The van der Waals surface area contributed by atoms with Crippen LogP contribution in [0.1, 0.15) is 12.1 Å². The van der Waals surface area contributed by atoms with E-state index in [9.17, 15) is 9.59 Å². The van der Waals surface area contributed by atoms with Crippen LogP contribution in [-0.2, 0) is 11.3 Å². The first kappa shape index (κ1) is 17.0. The van der Waals surface area contributed by atoms with E-state index in [-0.39, 0.29) is 17.9 Å². The Bertz CT molecular complexity index is 933. The number of hydrogen-bond acceptors (Lipinski definition) is 6. The van der Waals surface area contributed by atoms with Gasteiger partial charge in [-0.2, -0.15) is 0 Å². The summed E-state index contributed by atoms with van der Waals surface area (Å²) in [5.41, 5.74) is 6.71. The number of aromatic nitrogens is 2. The van der Waals surface area contributed by atoms with Gasteiger partial charge in [-0.15, -0.1) is 11.3 Å². The molecule has 8 heteroatoms. The first-order valence-corrected chi connectivity index (χ1v) is 8.58. The molecule has 0 spiro atoms. The molecule has 1 aromatic carbocycles. The number of nitrogens with zero attached hydrogens (tertiary/aromatic N) is 3. The maximum atomic E-state index is 12.1. The van der Waals surface area contributed by atoms with Crippen LogP contribution < -0.4 is 20.9 Å². The topological polar surface area (TPSA) is 89.9 Å². The molecule has 0 atom stereocenters. The second-order valence-corrected chi connectivity index (χ2v) is 6.35. The summed E-state index contributed by atoms with van der Waals surface area (Å²) in [4.78, 5) is 30.5. The van der Waals surface area contributed by atoms with Crippen LogP contribution in [0.4, 0.5) is 5.69 Å². The van der Waals surface area contributed by atoms with E-state index < -0.39 is 0 Å². The third-order valence-electron chi connectivity index (χ3n) is 3.77. The van der Waals surface area contributed by atoms with Crippen LogP contribution in [0.5, 0.6) is 5.75 Å². The Hall–Kier alpha value is -2.87. The fraction of sp³-hybridized carbons (Fsp3) is 0.235. The molecule has 7 nitrogen and oxygen atoms in total. The number of carbonyl (C=O) groups is 1. The number of methoxy groups -OCH3 is 1. The smallest absolute Gasteiger partial charge is 0.258 e. The zero-order chi connectivity index (χ0) is 17.8. The lowest BCUT2D eigenvalue weighted by Gasteiger charge is -2.24. The highest BCUT2D eigenvalue weighted by atomic mass is 32.1. The minimum atomic E-state index is -0.375. The van der Waals surface area contributed by atoms with Gasteiger partial charge in [-0.05, 0) is 24.3 Å². The fourth-order valence-corrected chi connectivity index (χ4v) is 3.24. The van der Waals surface area contributed by atoms with Crippen molar-refractivity contribution in [2.75, 3.05) is 18.6 Å². The molecule has 0 aliphatic heterocycles. The number of primary amides is 1. The Balaban J connectivity index is 1.89. The zero-order valence-corrected chi connectivity index (χ0v) is 14.5. The number of amides is 1. The molecule has 0 aliphatic carbocycles. The molecule has 0 saturated carbocycles. The summed E-state index contributed by atoms with van der Waals surface area (Å²) in [7, 11) is 1.60. The summed E-state index contributed by atoms with van der Waals surface area (Å²) in [5, 5.41) is 1.82. The highest BCUT2D eigenvalue weighted by Gasteiger charge is 2.12. The minimum Gasteiger partial charge on any atom is -0.497 e. The van der Waals surface area contributed by atoms with Gasteiger partial charge in [0.05, 0.1) is 19.3 Å². The molecule has 0 aliphatic rings. The van der Waals surface area contributed by atoms with Gasteiger partial charge in [0.1, 0.15) is 5.75 Å². The predicted octanol–water partition coefficient (Wildman–Crippen LogP) is 1.65. The van der Waals surface area contributed by atoms with Crippen LogP contribution in [0.15, 0.2) is 46.7 Å². The van der Waals surface area contributed by atoms with Crippen molar-refractivity contribution < 1.29 is 9.53 Å². The van der Waals surface area contributed by atoms with Crippen LogP contribution in [0, 0.1) is 0 Å². The van der Waals surface area contributed by atoms with Gasteiger partial charge in [0.2, 0.25) is 5.91 Å². The number of ether oxygens (including phenoxy) is 1. The molecular weight excluding hydrogens is 340 g/mol. The van der Waals surface area contributed by atoms with Crippen LogP contribution in [0.2, 0.25) is 0 Å².